The van der Waals surface area contributed by atoms with E-state index in [1.54, 1.807) is 12.1 Å². The van der Waals surface area contributed by atoms with Gasteiger partial charge < -0.3 is 9.73 Å². The molecule has 0 radical (unpaired) electrons. The molecule has 25 heavy (non-hydrogen) atoms. The third kappa shape index (κ3) is 3.15. The molecule has 4 heteroatoms. The van der Waals surface area contributed by atoms with Gasteiger partial charge in [-0.15, -0.1) is 0 Å². The van der Waals surface area contributed by atoms with E-state index in [2.05, 4.69) is 28.5 Å². The van der Waals surface area contributed by atoms with Gasteiger partial charge in [0.15, 0.2) is 5.66 Å². The molecule has 0 bridgehead atoms. The molecule has 0 amide bonds. The zero-order chi connectivity index (χ0) is 17.1. The molecule has 2 aliphatic heterocycles. The molecule has 3 heterocycles. The monoisotopic (exact) mass is 328 g/mol. The van der Waals surface area contributed by atoms with Crippen molar-refractivity contribution in [1.82, 2.24) is 5.32 Å². The Morgan fingerprint density at radius 1 is 0.920 bits per heavy atom. The lowest BCUT2D eigenvalue weighted by molar-refractivity contribution is 0.561. The van der Waals surface area contributed by atoms with E-state index in [4.69, 9.17) is 4.42 Å². The van der Waals surface area contributed by atoms with Crippen molar-refractivity contribution in [3.63, 3.8) is 0 Å². The van der Waals surface area contributed by atoms with Crippen LogP contribution in [0.1, 0.15) is 0 Å². The van der Waals surface area contributed by atoms with Gasteiger partial charge in [0.05, 0.1) is 5.36 Å². The van der Waals surface area contributed by atoms with E-state index in [1.165, 1.54) is 11.3 Å². The van der Waals surface area contributed by atoms with Gasteiger partial charge in [0, 0.05) is 16.7 Å². The Balaban J connectivity index is 0.000000129. The zero-order valence-electron chi connectivity index (χ0n) is 13.4. The minimum Gasteiger partial charge on any atom is -0.423 e. The average molecular weight is 328 g/mol. The highest BCUT2D eigenvalue weighted by atomic mass is 16.4. The Labute approximate surface area is 144 Å². The molecule has 1 unspecified atom stereocenters. The molecule has 1 atom stereocenters. The van der Waals surface area contributed by atoms with Crippen LogP contribution >= 0.6 is 0 Å². The number of fused-ring (bicyclic) bond motifs is 2. The van der Waals surface area contributed by atoms with Gasteiger partial charge in [-0.3, -0.25) is 0 Å². The summed E-state index contributed by atoms with van der Waals surface area (Å²) in [5, 5.41) is 6.45. The third-order valence-electron chi connectivity index (χ3n) is 4.02. The second-order valence-corrected chi connectivity index (χ2v) is 5.80. The van der Waals surface area contributed by atoms with E-state index in [1.807, 2.05) is 54.8 Å². The Kier molecular flexibility index (Phi) is 3.78. The summed E-state index contributed by atoms with van der Waals surface area (Å²) < 4.78 is 4.91. The molecule has 1 spiro atoms. The number of hydrogen-bond donors (Lipinski definition) is 1. The largest absolute Gasteiger partial charge is 0.423 e. The Bertz CT molecular complexity index is 1120. The van der Waals surface area contributed by atoms with E-state index in [0.29, 0.717) is 5.58 Å². The first-order valence-corrected chi connectivity index (χ1v) is 8.03. The number of dihydropyridines is 1. The standard InChI is InChI=1S/C12H10N2.C9H6O2/c1-2-6-11-10(5-1)9-12(14-11)7-3-4-8-13-12;10-9-6-5-7-3-1-2-4-8(7)11-9/h1-9,13H;1-6H. The van der Waals surface area contributed by atoms with Gasteiger partial charge in [-0.1, -0.05) is 42.5 Å². The molecule has 2 aliphatic rings. The maximum Gasteiger partial charge on any atom is 0.336 e. The molecule has 4 nitrogen and oxygen atoms in total. The van der Waals surface area contributed by atoms with Crippen molar-refractivity contribution in [1.29, 1.82) is 0 Å². The van der Waals surface area contributed by atoms with Crippen molar-refractivity contribution < 1.29 is 4.42 Å². The van der Waals surface area contributed by atoms with Crippen molar-refractivity contribution in [3.8, 4) is 0 Å². The predicted molar refractivity (Wildman–Crippen MR) is 98.3 cm³/mol. The molecule has 1 aromatic heterocycles. The second-order valence-electron chi connectivity index (χ2n) is 5.80. The smallest absolute Gasteiger partial charge is 0.336 e. The minimum absolute atomic E-state index is 0.302. The third-order valence-corrected chi connectivity index (χ3v) is 4.02. The topological polar surface area (TPSA) is 54.6 Å². The molecular weight excluding hydrogens is 312 g/mol. The summed E-state index contributed by atoms with van der Waals surface area (Å²) in [4.78, 5) is 15.4. The van der Waals surface area contributed by atoms with Gasteiger partial charge in [-0.05, 0) is 42.6 Å². The van der Waals surface area contributed by atoms with Gasteiger partial charge in [0.25, 0.3) is 0 Å². The summed E-state index contributed by atoms with van der Waals surface area (Å²) in [7, 11) is 0. The molecule has 0 fully saturated rings. The van der Waals surface area contributed by atoms with E-state index in [0.717, 1.165) is 10.7 Å². The van der Waals surface area contributed by atoms with Crippen LogP contribution in [-0.4, -0.2) is 5.66 Å². The number of hydrogen-bond acceptors (Lipinski definition) is 4. The van der Waals surface area contributed by atoms with Crippen molar-refractivity contribution >= 4 is 17.0 Å². The molecule has 122 valence electrons. The van der Waals surface area contributed by atoms with Crippen LogP contribution in [0.25, 0.3) is 17.0 Å². The quantitative estimate of drug-likeness (QED) is 0.644. The summed E-state index contributed by atoms with van der Waals surface area (Å²) in [6.45, 7) is 0. The van der Waals surface area contributed by atoms with Gasteiger partial charge in [-0.25, -0.2) is 9.79 Å². The van der Waals surface area contributed by atoms with Crippen molar-refractivity contribution in [2.24, 2.45) is 4.99 Å². The van der Waals surface area contributed by atoms with Crippen LogP contribution in [0.15, 0.2) is 99.3 Å². The Hall–Kier alpha value is -3.40. The number of nitrogens with one attached hydrogen (secondary N) is 1. The molecule has 1 N–H and O–H groups in total. The molecular formula is C21H16N2O2. The lowest BCUT2D eigenvalue weighted by Crippen LogP contribution is -2.36. The second kappa shape index (κ2) is 6.24. The Morgan fingerprint density at radius 3 is 2.60 bits per heavy atom. The molecule has 2 aromatic carbocycles. The SMILES string of the molecule is C1=CNC2(C=C1)C=c1ccccc1=N2.O=c1ccc2ccccc2o1. The van der Waals surface area contributed by atoms with Crippen LogP contribution in [-0.2, 0) is 0 Å². The maximum atomic E-state index is 10.7. The van der Waals surface area contributed by atoms with Crippen LogP contribution in [0.2, 0.25) is 0 Å². The lowest BCUT2D eigenvalue weighted by Gasteiger charge is -2.22. The van der Waals surface area contributed by atoms with Gasteiger partial charge in [0.2, 0.25) is 0 Å². The lowest BCUT2D eigenvalue weighted by atomic mass is 10.1. The van der Waals surface area contributed by atoms with Crippen LogP contribution < -0.4 is 21.5 Å². The van der Waals surface area contributed by atoms with E-state index >= 15 is 0 Å². The summed E-state index contributed by atoms with van der Waals surface area (Å²) >= 11 is 0. The number of allylic oxidation sites excluding steroid dienone is 2. The molecule has 0 aliphatic carbocycles. The molecule has 3 aromatic rings. The van der Waals surface area contributed by atoms with E-state index in [-0.39, 0.29) is 11.3 Å². The van der Waals surface area contributed by atoms with Crippen molar-refractivity contribution in [2.75, 3.05) is 0 Å². The number of para-hydroxylation sites is 2. The zero-order valence-corrected chi connectivity index (χ0v) is 13.4. The molecule has 5 rings (SSSR count). The van der Waals surface area contributed by atoms with E-state index in [9.17, 15) is 4.79 Å². The normalized spacial score (nSPS) is 19.4. The predicted octanol–water partition coefficient (Wildman–Crippen LogP) is 2.26. The van der Waals surface area contributed by atoms with E-state index < -0.39 is 0 Å². The first kappa shape index (κ1) is 15.1. The van der Waals surface area contributed by atoms with Crippen LogP contribution in [0.4, 0.5) is 0 Å². The fourth-order valence-electron chi connectivity index (χ4n) is 2.84. The average Bonchev–Trinajstić information content (AvgIpc) is 3.00. The summed E-state index contributed by atoms with van der Waals surface area (Å²) in [5.41, 5.74) is 0.00188. The highest BCUT2D eigenvalue weighted by Gasteiger charge is 2.25. The number of nitrogens with zero attached hydrogens (tertiary/aromatic N) is 1. The van der Waals surface area contributed by atoms with Gasteiger partial charge >= 0.3 is 5.63 Å². The fourth-order valence-corrected chi connectivity index (χ4v) is 2.84. The first-order valence-electron chi connectivity index (χ1n) is 8.03. The Morgan fingerprint density at radius 2 is 1.76 bits per heavy atom. The van der Waals surface area contributed by atoms with Gasteiger partial charge in [-0.2, -0.15) is 0 Å². The van der Waals surface area contributed by atoms with Crippen LogP contribution in [0, 0.1) is 0 Å². The van der Waals surface area contributed by atoms with Crippen LogP contribution in [0.3, 0.4) is 0 Å². The number of rotatable bonds is 0. The first-order chi connectivity index (χ1) is 12.2. The fraction of sp³-hybridized carbons (Fsp3) is 0.0476. The summed E-state index contributed by atoms with van der Waals surface area (Å²) in [6.07, 6.45) is 10.1. The van der Waals surface area contributed by atoms with Gasteiger partial charge in [0.1, 0.15) is 5.58 Å². The molecule has 0 saturated heterocycles. The summed E-state index contributed by atoms with van der Waals surface area (Å²) in [5.74, 6) is 0. The molecule has 0 saturated carbocycles. The van der Waals surface area contributed by atoms with Crippen molar-refractivity contribution in [3.05, 3.63) is 106 Å². The highest BCUT2D eigenvalue weighted by Crippen LogP contribution is 2.15. The number of benzene rings is 2. The van der Waals surface area contributed by atoms with Crippen LogP contribution in [0.5, 0.6) is 0 Å². The summed E-state index contributed by atoms with van der Waals surface area (Å²) in [6, 6.07) is 18.8. The maximum absolute atomic E-state index is 10.7. The highest BCUT2D eigenvalue weighted by molar-refractivity contribution is 5.75. The van der Waals surface area contributed by atoms with Crippen molar-refractivity contribution in [2.45, 2.75) is 5.66 Å². The minimum atomic E-state index is -0.335.